The van der Waals surface area contributed by atoms with Crippen molar-refractivity contribution in [2.75, 3.05) is 39.4 Å². The van der Waals surface area contributed by atoms with Crippen LogP contribution in [0.5, 0.6) is 5.75 Å². The smallest absolute Gasteiger partial charge is 0.295 e. The number of halogens is 2. The van der Waals surface area contributed by atoms with Crippen molar-refractivity contribution in [3.05, 3.63) is 68.7 Å². The number of hydrogen-bond acceptors (Lipinski definition) is 5. The van der Waals surface area contributed by atoms with Crippen molar-refractivity contribution in [1.29, 1.82) is 0 Å². The van der Waals surface area contributed by atoms with E-state index in [4.69, 9.17) is 32.7 Å². The van der Waals surface area contributed by atoms with Gasteiger partial charge in [0.25, 0.3) is 5.91 Å². The van der Waals surface area contributed by atoms with Crippen LogP contribution in [0.15, 0.2) is 42.0 Å². The topological polar surface area (TPSA) is 83.3 Å². The number of Topliss-reactive ketones (excluding diaryl/α,β-unsaturated/α-hetero) is 1. The van der Waals surface area contributed by atoms with Crippen LogP contribution in [0.1, 0.15) is 43.0 Å². The van der Waals surface area contributed by atoms with Crippen LogP contribution in [-0.4, -0.2) is 62.1 Å². The van der Waals surface area contributed by atoms with Gasteiger partial charge < -0.3 is 24.4 Å². The van der Waals surface area contributed by atoms with Crippen molar-refractivity contribution in [3.8, 4) is 5.75 Å². The lowest BCUT2D eigenvalue weighted by atomic mass is 9.94. The van der Waals surface area contributed by atoms with Crippen LogP contribution in [0.25, 0.3) is 5.76 Å². The number of rotatable bonds is 8. The van der Waals surface area contributed by atoms with Gasteiger partial charge in [-0.05, 0) is 61.7 Å². The van der Waals surface area contributed by atoms with Gasteiger partial charge in [-0.1, -0.05) is 41.1 Å². The number of carbonyl (C=O) groups is 2. The molecule has 2 aromatic carbocycles. The number of likely N-dealkylation sites (tertiary alicyclic amines) is 1. The second-order valence-corrected chi connectivity index (χ2v) is 10.6. The standard InChI is InChI=1S/C28H32Cl2N2O5/c1-17(2)37-23-8-6-20(15-18(23)3)26(33)24-25(19-5-7-21(29)22(30)16-19)32(28(35)27(24)34)10-4-9-31-11-13-36-14-12-31/h5-8,15-17,25,33H,4,9-14H2,1-3H3. The fourth-order valence-electron chi connectivity index (χ4n) is 4.87. The molecule has 2 fully saturated rings. The summed E-state index contributed by atoms with van der Waals surface area (Å²) in [6, 6.07) is 9.17. The molecule has 2 heterocycles. The molecule has 0 spiro atoms. The van der Waals surface area contributed by atoms with E-state index in [1.807, 2.05) is 20.8 Å². The van der Waals surface area contributed by atoms with E-state index in [-0.39, 0.29) is 11.7 Å². The van der Waals surface area contributed by atoms with Crippen LogP contribution in [0.2, 0.25) is 10.0 Å². The zero-order valence-corrected chi connectivity index (χ0v) is 22.8. The summed E-state index contributed by atoms with van der Waals surface area (Å²) < 4.78 is 11.2. The van der Waals surface area contributed by atoms with Gasteiger partial charge in [-0.25, -0.2) is 0 Å². The molecule has 0 bridgehead atoms. The van der Waals surface area contributed by atoms with Crippen molar-refractivity contribution in [3.63, 3.8) is 0 Å². The normalized spacial score (nSPS) is 20.2. The maximum atomic E-state index is 13.7. The molecule has 0 saturated carbocycles. The molecule has 7 nitrogen and oxygen atoms in total. The quantitative estimate of drug-likeness (QED) is 0.312. The van der Waals surface area contributed by atoms with Gasteiger partial charge in [-0.3, -0.25) is 9.59 Å². The Morgan fingerprint density at radius 1 is 1.14 bits per heavy atom. The first-order valence-corrected chi connectivity index (χ1v) is 13.3. The van der Waals surface area contributed by atoms with E-state index in [1.54, 1.807) is 36.4 Å². The van der Waals surface area contributed by atoms with Crippen LogP contribution < -0.4 is 14.7 Å². The Labute approximate surface area is 227 Å². The number of nitrogens with one attached hydrogen (secondary N) is 1. The van der Waals surface area contributed by atoms with Crippen LogP contribution in [-0.2, 0) is 14.3 Å². The Bertz CT molecular complexity index is 1210. The third-order valence-corrected chi connectivity index (χ3v) is 7.46. The van der Waals surface area contributed by atoms with E-state index in [9.17, 15) is 14.7 Å². The van der Waals surface area contributed by atoms with Gasteiger partial charge in [0, 0.05) is 18.5 Å². The molecule has 0 aliphatic carbocycles. The minimum atomic E-state index is -0.839. The molecule has 2 aliphatic rings. The zero-order chi connectivity index (χ0) is 26.7. The van der Waals surface area contributed by atoms with Gasteiger partial charge in [0.05, 0.1) is 41.9 Å². The second-order valence-electron chi connectivity index (χ2n) is 9.76. The van der Waals surface area contributed by atoms with E-state index >= 15 is 0 Å². The summed E-state index contributed by atoms with van der Waals surface area (Å²) in [4.78, 5) is 29.4. The minimum Gasteiger partial charge on any atom is -0.872 e. The number of quaternary nitrogens is 1. The highest BCUT2D eigenvalue weighted by molar-refractivity contribution is 6.46. The molecule has 9 heteroatoms. The van der Waals surface area contributed by atoms with Crippen molar-refractivity contribution < 1.29 is 29.1 Å². The molecule has 0 aromatic heterocycles. The van der Waals surface area contributed by atoms with Crippen molar-refractivity contribution in [2.45, 2.75) is 39.3 Å². The molecular weight excluding hydrogens is 515 g/mol. The number of ketones is 1. The number of nitrogens with zero attached hydrogens (tertiary/aromatic N) is 1. The Kier molecular flexibility index (Phi) is 8.80. The molecule has 1 unspecified atom stereocenters. The first kappa shape index (κ1) is 27.5. The van der Waals surface area contributed by atoms with Gasteiger partial charge in [0.1, 0.15) is 18.8 Å². The minimum absolute atomic E-state index is 0.0180. The fourth-order valence-corrected chi connectivity index (χ4v) is 5.18. The first-order valence-electron chi connectivity index (χ1n) is 12.6. The van der Waals surface area contributed by atoms with E-state index in [1.165, 1.54) is 9.80 Å². The van der Waals surface area contributed by atoms with Gasteiger partial charge in [0.2, 0.25) is 5.78 Å². The molecule has 1 N–H and O–H groups in total. The van der Waals surface area contributed by atoms with Gasteiger partial charge >= 0.3 is 0 Å². The molecule has 1 atom stereocenters. The zero-order valence-electron chi connectivity index (χ0n) is 21.3. The highest BCUT2D eigenvalue weighted by Crippen LogP contribution is 2.40. The van der Waals surface area contributed by atoms with Crippen molar-refractivity contribution >= 4 is 40.7 Å². The molecule has 1 amide bonds. The van der Waals surface area contributed by atoms with E-state index in [2.05, 4.69) is 0 Å². The molecule has 4 rings (SSSR count). The predicted octanol–water partition coefficient (Wildman–Crippen LogP) is 2.62. The van der Waals surface area contributed by atoms with Gasteiger partial charge in [0.15, 0.2) is 0 Å². The number of morpholine rings is 1. The molecule has 2 aromatic rings. The summed E-state index contributed by atoms with van der Waals surface area (Å²) in [5.74, 6) is -1.26. The molecule has 2 saturated heterocycles. The highest BCUT2D eigenvalue weighted by atomic mass is 35.5. The summed E-state index contributed by atoms with van der Waals surface area (Å²) >= 11 is 12.4. The second kappa shape index (κ2) is 11.9. The molecule has 0 radical (unpaired) electrons. The summed E-state index contributed by atoms with van der Waals surface area (Å²) in [6.07, 6.45) is 0.670. The number of aryl methyl sites for hydroxylation is 1. The molecular formula is C28H32Cl2N2O5. The summed E-state index contributed by atoms with van der Waals surface area (Å²) in [6.45, 7) is 10.1. The Morgan fingerprint density at radius 2 is 1.86 bits per heavy atom. The fraction of sp³-hybridized carbons (Fsp3) is 0.429. The number of carbonyl (C=O) groups excluding carboxylic acids is 2. The van der Waals surface area contributed by atoms with Crippen LogP contribution in [0.3, 0.4) is 0 Å². The number of amides is 1. The van der Waals surface area contributed by atoms with E-state index < -0.39 is 23.5 Å². The number of ether oxygens (including phenoxy) is 2. The summed E-state index contributed by atoms with van der Waals surface area (Å²) in [5.41, 5.74) is 1.61. The SMILES string of the molecule is Cc1cc(C([O-])=C2C(=O)C(=O)N(CCC[NH+]3CCOCC3)C2c2ccc(Cl)c(Cl)c2)ccc1OC(C)C. The van der Waals surface area contributed by atoms with Crippen LogP contribution in [0.4, 0.5) is 0 Å². The largest absolute Gasteiger partial charge is 0.872 e. The summed E-state index contributed by atoms with van der Waals surface area (Å²) in [7, 11) is 0. The molecule has 2 aliphatic heterocycles. The van der Waals surface area contributed by atoms with Gasteiger partial charge in [-0.2, -0.15) is 0 Å². The summed E-state index contributed by atoms with van der Waals surface area (Å²) in [5, 5.41) is 14.4. The maximum absolute atomic E-state index is 13.7. The number of hydrogen-bond donors (Lipinski definition) is 1. The lowest BCUT2D eigenvalue weighted by Crippen LogP contribution is -3.14. The van der Waals surface area contributed by atoms with Gasteiger partial charge in [-0.15, -0.1) is 0 Å². The average molecular weight is 547 g/mol. The van der Waals surface area contributed by atoms with Crippen LogP contribution in [0, 0.1) is 6.92 Å². The van der Waals surface area contributed by atoms with E-state index in [0.29, 0.717) is 39.9 Å². The first-order chi connectivity index (χ1) is 17.7. The molecule has 37 heavy (non-hydrogen) atoms. The van der Waals surface area contributed by atoms with Crippen LogP contribution >= 0.6 is 23.2 Å². The Morgan fingerprint density at radius 3 is 2.51 bits per heavy atom. The van der Waals surface area contributed by atoms with E-state index in [0.717, 1.165) is 38.4 Å². The Hall–Kier alpha value is -2.58. The predicted molar refractivity (Wildman–Crippen MR) is 141 cm³/mol. The van der Waals surface area contributed by atoms with Crippen molar-refractivity contribution in [2.24, 2.45) is 0 Å². The lowest BCUT2D eigenvalue weighted by Gasteiger charge is -2.29. The molecule has 198 valence electrons. The highest BCUT2D eigenvalue weighted by Gasteiger charge is 2.44. The average Bonchev–Trinajstić information content (AvgIpc) is 3.12. The third kappa shape index (κ3) is 6.12. The Balaban J connectivity index is 1.70. The lowest BCUT2D eigenvalue weighted by molar-refractivity contribution is -0.908. The van der Waals surface area contributed by atoms with Crippen molar-refractivity contribution in [1.82, 2.24) is 4.90 Å². The number of benzene rings is 2. The maximum Gasteiger partial charge on any atom is 0.295 e. The third-order valence-electron chi connectivity index (χ3n) is 6.72. The monoisotopic (exact) mass is 546 g/mol.